The van der Waals surface area contributed by atoms with Crippen molar-refractivity contribution in [3.63, 3.8) is 0 Å². The first-order chi connectivity index (χ1) is 19.1. The van der Waals surface area contributed by atoms with Crippen LogP contribution in [-0.2, 0) is 14.3 Å². The molecule has 0 saturated carbocycles. The van der Waals surface area contributed by atoms with Crippen molar-refractivity contribution in [2.24, 2.45) is 5.92 Å². The number of fused-ring (bicyclic) bond motifs is 2. The van der Waals surface area contributed by atoms with Gasteiger partial charge < -0.3 is 28.4 Å². The molecule has 1 heterocycles. The summed E-state index contributed by atoms with van der Waals surface area (Å²) in [6.45, 7) is 0.142. The fourth-order valence-electron chi connectivity index (χ4n) is 5.01. The zero-order valence-corrected chi connectivity index (χ0v) is 21.8. The minimum Gasteiger partial charge on any atom is -0.493 e. The van der Waals surface area contributed by atoms with Gasteiger partial charge >= 0.3 is 5.97 Å². The molecule has 0 spiro atoms. The number of esters is 1. The van der Waals surface area contributed by atoms with Crippen molar-refractivity contribution in [3.05, 3.63) is 88.5 Å². The van der Waals surface area contributed by atoms with E-state index in [9.17, 15) is 9.59 Å². The van der Waals surface area contributed by atoms with Gasteiger partial charge in [-0.2, -0.15) is 0 Å². The Morgan fingerprint density at radius 2 is 1.64 bits per heavy atom. The minimum atomic E-state index is -0.927. The normalized spacial score (nSPS) is 17.3. The van der Waals surface area contributed by atoms with Crippen LogP contribution in [0.1, 0.15) is 28.2 Å². The van der Waals surface area contributed by atoms with Gasteiger partial charge in [0.25, 0.3) is 0 Å². The molecule has 3 aromatic rings. The Morgan fingerprint density at radius 1 is 0.949 bits per heavy atom. The lowest BCUT2D eigenvalue weighted by molar-refractivity contribution is -0.146. The van der Waals surface area contributed by atoms with Gasteiger partial charge in [0, 0.05) is 11.5 Å². The molecule has 0 bridgehead atoms. The van der Waals surface area contributed by atoms with Crippen molar-refractivity contribution < 1.29 is 38.0 Å². The standard InChI is InChI=1S/C31H28O8/c1-34-26-14-21(15-27(35-2)30(26)36-3)28-23-16-25-24(38-18-39-25)13-20(23)12-22(17-32)29(28)31(33)37-11-7-10-19-8-5-4-6-9-19/h4-10,12-17,28-29H,11,18H2,1-3H3/b10-7+/t28-,29-/m1/s1. The van der Waals surface area contributed by atoms with Crippen LogP contribution in [0.15, 0.2) is 66.2 Å². The molecule has 0 aromatic heterocycles. The maximum absolute atomic E-state index is 13.6. The van der Waals surface area contributed by atoms with E-state index in [1.165, 1.54) is 21.3 Å². The zero-order chi connectivity index (χ0) is 27.4. The highest BCUT2D eigenvalue weighted by molar-refractivity contribution is 5.95. The van der Waals surface area contributed by atoms with Crippen LogP contribution >= 0.6 is 0 Å². The van der Waals surface area contributed by atoms with Crippen LogP contribution in [-0.4, -0.2) is 47.0 Å². The minimum absolute atomic E-state index is 0.0480. The van der Waals surface area contributed by atoms with Crippen LogP contribution in [0.25, 0.3) is 12.2 Å². The van der Waals surface area contributed by atoms with Crippen molar-refractivity contribution in [2.75, 3.05) is 34.7 Å². The maximum atomic E-state index is 13.6. The molecule has 2 aliphatic rings. The van der Waals surface area contributed by atoms with Gasteiger partial charge in [0.15, 0.2) is 23.0 Å². The predicted molar refractivity (Wildman–Crippen MR) is 144 cm³/mol. The Balaban J connectivity index is 1.57. The van der Waals surface area contributed by atoms with Crippen molar-refractivity contribution >= 4 is 24.4 Å². The molecule has 0 saturated heterocycles. The predicted octanol–water partition coefficient (Wildman–Crippen LogP) is 5.04. The zero-order valence-electron chi connectivity index (χ0n) is 21.8. The fraction of sp³-hybridized carbons (Fsp3) is 0.226. The summed E-state index contributed by atoms with van der Waals surface area (Å²) in [5, 5.41) is 0. The van der Waals surface area contributed by atoms with Gasteiger partial charge in [0.05, 0.1) is 27.2 Å². The Hall–Kier alpha value is -4.72. The molecular formula is C31H28O8. The molecule has 2 atom stereocenters. The molecule has 39 heavy (non-hydrogen) atoms. The highest BCUT2D eigenvalue weighted by Gasteiger charge is 2.41. The summed E-state index contributed by atoms with van der Waals surface area (Å²) in [4.78, 5) is 26.0. The number of hydrogen-bond acceptors (Lipinski definition) is 8. The number of carbonyl (C=O) groups excluding carboxylic acids is 2. The van der Waals surface area contributed by atoms with Gasteiger partial charge in [0.1, 0.15) is 12.9 Å². The van der Waals surface area contributed by atoms with E-state index in [1.54, 1.807) is 24.3 Å². The number of methoxy groups -OCH3 is 3. The lowest BCUT2D eigenvalue weighted by atomic mass is 9.71. The number of carbonyl (C=O) groups is 2. The lowest BCUT2D eigenvalue weighted by Gasteiger charge is -2.32. The molecule has 1 aliphatic heterocycles. The number of aldehydes is 1. The first-order valence-corrected chi connectivity index (χ1v) is 12.4. The highest BCUT2D eigenvalue weighted by atomic mass is 16.7. The summed E-state index contributed by atoms with van der Waals surface area (Å²) in [6, 6.07) is 16.9. The van der Waals surface area contributed by atoms with Crippen LogP contribution in [0.4, 0.5) is 0 Å². The lowest BCUT2D eigenvalue weighted by Crippen LogP contribution is -2.30. The Labute approximate surface area is 226 Å². The second-order valence-corrected chi connectivity index (χ2v) is 8.95. The summed E-state index contributed by atoms with van der Waals surface area (Å²) in [7, 11) is 4.57. The van der Waals surface area contributed by atoms with Crippen molar-refractivity contribution in [1.82, 2.24) is 0 Å². The van der Waals surface area contributed by atoms with E-state index in [0.717, 1.165) is 16.7 Å². The number of rotatable bonds is 9. The average molecular weight is 529 g/mol. The third-order valence-corrected chi connectivity index (χ3v) is 6.80. The quantitative estimate of drug-likeness (QED) is 0.282. The van der Waals surface area contributed by atoms with Gasteiger partial charge in [-0.15, -0.1) is 0 Å². The van der Waals surface area contributed by atoms with Crippen molar-refractivity contribution in [3.8, 4) is 28.7 Å². The first kappa shape index (κ1) is 25.9. The fourth-order valence-corrected chi connectivity index (χ4v) is 5.01. The summed E-state index contributed by atoms with van der Waals surface area (Å²) in [5.74, 6) is 0.332. The first-order valence-electron chi connectivity index (χ1n) is 12.4. The van der Waals surface area contributed by atoms with E-state index >= 15 is 0 Å². The van der Waals surface area contributed by atoms with Crippen LogP contribution in [0.5, 0.6) is 28.7 Å². The van der Waals surface area contributed by atoms with Crippen molar-refractivity contribution in [2.45, 2.75) is 5.92 Å². The second kappa shape index (κ2) is 11.3. The molecule has 3 aromatic carbocycles. The molecule has 0 fully saturated rings. The third kappa shape index (κ3) is 5.05. The summed E-state index contributed by atoms with van der Waals surface area (Å²) >= 11 is 0. The SMILES string of the molecule is COc1cc([C@@H]2c3cc4c(cc3C=C(C=O)[C@H]2C(=O)OC/C=C/c2ccccc2)OCO4)cc(OC)c1OC. The van der Waals surface area contributed by atoms with Crippen LogP contribution < -0.4 is 23.7 Å². The average Bonchev–Trinajstić information content (AvgIpc) is 3.44. The van der Waals surface area contributed by atoms with Gasteiger partial charge in [-0.3, -0.25) is 9.59 Å². The van der Waals surface area contributed by atoms with Gasteiger partial charge in [0.2, 0.25) is 12.5 Å². The van der Waals surface area contributed by atoms with E-state index in [2.05, 4.69) is 0 Å². The highest BCUT2D eigenvalue weighted by Crippen LogP contribution is 2.50. The summed E-state index contributed by atoms with van der Waals surface area (Å²) in [6.07, 6.45) is 6.03. The molecule has 0 N–H and O–H groups in total. The Kier molecular flexibility index (Phi) is 7.54. The van der Waals surface area contributed by atoms with E-state index in [0.29, 0.717) is 40.6 Å². The van der Waals surface area contributed by atoms with Crippen LogP contribution in [0.2, 0.25) is 0 Å². The molecule has 0 amide bonds. The molecular weight excluding hydrogens is 500 g/mol. The second-order valence-electron chi connectivity index (χ2n) is 8.95. The van der Waals surface area contributed by atoms with E-state index in [4.69, 9.17) is 28.4 Å². The molecule has 8 nitrogen and oxygen atoms in total. The van der Waals surface area contributed by atoms with Gasteiger partial charge in [-0.05, 0) is 58.7 Å². The van der Waals surface area contributed by atoms with Crippen molar-refractivity contribution in [1.29, 1.82) is 0 Å². The molecule has 1 aliphatic carbocycles. The van der Waals surface area contributed by atoms with Gasteiger partial charge in [-0.1, -0.05) is 36.4 Å². The molecule has 0 radical (unpaired) electrons. The monoisotopic (exact) mass is 528 g/mol. The number of hydrogen-bond donors (Lipinski definition) is 0. The molecule has 200 valence electrons. The van der Waals surface area contributed by atoms with E-state index in [-0.39, 0.29) is 19.0 Å². The van der Waals surface area contributed by atoms with Gasteiger partial charge in [-0.25, -0.2) is 0 Å². The number of ether oxygens (including phenoxy) is 6. The largest absolute Gasteiger partial charge is 0.493 e. The van der Waals surface area contributed by atoms with E-state index < -0.39 is 17.8 Å². The molecule has 8 heteroatoms. The third-order valence-electron chi connectivity index (χ3n) is 6.80. The Bertz CT molecular complexity index is 1420. The molecule has 5 rings (SSSR count). The maximum Gasteiger partial charge on any atom is 0.314 e. The summed E-state index contributed by atoms with van der Waals surface area (Å²) < 4.78 is 33.5. The Morgan fingerprint density at radius 3 is 2.28 bits per heavy atom. The van der Waals surface area contributed by atoms with Crippen LogP contribution in [0, 0.1) is 5.92 Å². The topological polar surface area (TPSA) is 89.5 Å². The molecule has 0 unspecified atom stereocenters. The smallest absolute Gasteiger partial charge is 0.314 e. The number of benzene rings is 3. The summed E-state index contributed by atoms with van der Waals surface area (Å²) in [5.41, 5.74) is 3.48. The van der Waals surface area contributed by atoms with E-state index in [1.807, 2.05) is 48.5 Å². The van der Waals surface area contributed by atoms with Crippen LogP contribution in [0.3, 0.4) is 0 Å².